The van der Waals surface area contributed by atoms with Gasteiger partial charge < -0.3 is 9.30 Å². The first kappa shape index (κ1) is 13.7. The Morgan fingerprint density at radius 2 is 2.22 bits per heavy atom. The largest absolute Gasteiger partial charge is 0.383 e. The molecule has 1 aromatic heterocycles. The van der Waals surface area contributed by atoms with Crippen LogP contribution in [0.4, 0.5) is 0 Å². The van der Waals surface area contributed by atoms with Gasteiger partial charge in [-0.25, -0.2) is 4.98 Å². The zero-order valence-electron chi connectivity index (χ0n) is 10.5. The summed E-state index contributed by atoms with van der Waals surface area (Å²) >= 11 is 12.3. The number of hydrogen-bond acceptors (Lipinski definition) is 2. The van der Waals surface area contributed by atoms with Gasteiger partial charge in [-0.2, -0.15) is 0 Å². The van der Waals surface area contributed by atoms with Crippen molar-refractivity contribution in [2.24, 2.45) is 0 Å². The molecule has 2 rings (SSSR count). The molecular formula is C13H16Cl2N2O. The minimum atomic E-state index is 0.202. The van der Waals surface area contributed by atoms with E-state index in [4.69, 9.17) is 27.9 Å². The number of ether oxygens (including phenoxy) is 1. The second kappa shape index (κ2) is 5.91. The van der Waals surface area contributed by atoms with Crippen LogP contribution in [0.3, 0.4) is 0 Å². The number of fused-ring (bicyclic) bond motifs is 1. The third-order valence-electron chi connectivity index (χ3n) is 3.05. The van der Waals surface area contributed by atoms with Crippen LogP contribution < -0.4 is 0 Å². The summed E-state index contributed by atoms with van der Waals surface area (Å²) in [6.45, 7) is 2.74. The van der Waals surface area contributed by atoms with E-state index in [9.17, 15) is 0 Å². The highest BCUT2D eigenvalue weighted by molar-refractivity contribution is 6.35. The van der Waals surface area contributed by atoms with Crippen molar-refractivity contribution in [3.8, 4) is 0 Å². The van der Waals surface area contributed by atoms with Crippen LogP contribution in [0.15, 0.2) is 18.2 Å². The topological polar surface area (TPSA) is 27.1 Å². The lowest BCUT2D eigenvalue weighted by atomic mass is 10.2. The van der Waals surface area contributed by atoms with Crippen molar-refractivity contribution in [2.75, 3.05) is 13.7 Å². The van der Waals surface area contributed by atoms with E-state index in [1.807, 2.05) is 18.2 Å². The minimum absolute atomic E-state index is 0.202. The van der Waals surface area contributed by atoms with Gasteiger partial charge in [0, 0.05) is 7.11 Å². The number of nitrogens with zero attached hydrogens (tertiary/aromatic N) is 2. The Bertz CT molecular complexity index is 539. The smallest absolute Gasteiger partial charge is 0.125 e. The number of para-hydroxylation sites is 1. The molecule has 0 radical (unpaired) electrons. The lowest BCUT2D eigenvalue weighted by molar-refractivity contribution is 0.154. The second-order valence-corrected chi connectivity index (χ2v) is 4.83. The van der Waals surface area contributed by atoms with E-state index in [0.29, 0.717) is 17.5 Å². The van der Waals surface area contributed by atoms with Crippen molar-refractivity contribution in [3.05, 3.63) is 29.0 Å². The quantitative estimate of drug-likeness (QED) is 0.776. The molecule has 3 nitrogen and oxygen atoms in total. The second-order valence-electron chi connectivity index (χ2n) is 4.16. The molecule has 0 amide bonds. The molecule has 0 aliphatic carbocycles. The molecule has 0 saturated heterocycles. The van der Waals surface area contributed by atoms with Gasteiger partial charge in [-0.1, -0.05) is 24.6 Å². The monoisotopic (exact) mass is 286 g/mol. The third-order valence-corrected chi connectivity index (χ3v) is 3.59. The van der Waals surface area contributed by atoms with Crippen LogP contribution in [0.1, 0.15) is 25.2 Å². The predicted molar refractivity (Wildman–Crippen MR) is 75.5 cm³/mol. The summed E-state index contributed by atoms with van der Waals surface area (Å²) in [6, 6.07) is 5.93. The Morgan fingerprint density at radius 1 is 1.44 bits per heavy atom. The molecule has 18 heavy (non-hydrogen) atoms. The molecule has 1 atom stereocenters. The number of alkyl halides is 1. The SMILES string of the molecule is CCC(COC)n1c(CCl)nc2cccc(Cl)c21. The number of hydrogen-bond donors (Lipinski definition) is 0. The highest BCUT2D eigenvalue weighted by Gasteiger charge is 2.19. The summed E-state index contributed by atoms with van der Waals surface area (Å²) in [6.07, 6.45) is 0.939. The molecule has 1 unspecified atom stereocenters. The Labute approximate surface area is 117 Å². The standard InChI is InChI=1S/C13H16Cl2N2O/c1-3-9(8-18-2)17-12(7-14)16-11-6-4-5-10(15)13(11)17/h4-6,9H,3,7-8H2,1-2H3. The molecule has 98 valence electrons. The van der Waals surface area contributed by atoms with Crippen LogP contribution in [0, 0.1) is 0 Å². The van der Waals surface area contributed by atoms with Crippen molar-refractivity contribution in [3.63, 3.8) is 0 Å². The summed E-state index contributed by atoms with van der Waals surface area (Å²) in [7, 11) is 1.70. The molecule has 0 N–H and O–H groups in total. The molecule has 5 heteroatoms. The summed E-state index contributed by atoms with van der Waals surface area (Å²) in [5.74, 6) is 1.20. The highest BCUT2D eigenvalue weighted by Crippen LogP contribution is 2.29. The van der Waals surface area contributed by atoms with Gasteiger partial charge in [0.15, 0.2) is 0 Å². The van der Waals surface area contributed by atoms with Gasteiger partial charge in [-0.15, -0.1) is 11.6 Å². The molecule has 0 bridgehead atoms. The van der Waals surface area contributed by atoms with Gasteiger partial charge in [0.25, 0.3) is 0 Å². The number of halogens is 2. The van der Waals surface area contributed by atoms with E-state index in [1.165, 1.54) is 0 Å². The third kappa shape index (κ3) is 2.35. The van der Waals surface area contributed by atoms with E-state index in [-0.39, 0.29) is 6.04 Å². The molecule has 0 spiro atoms. The predicted octanol–water partition coefficient (Wildman–Crippen LogP) is 4.03. The van der Waals surface area contributed by atoms with Gasteiger partial charge in [0.05, 0.1) is 34.6 Å². The Balaban J connectivity index is 2.65. The van der Waals surface area contributed by atoms with E-state index in [2.05, 4.69) is 16.5 Å². The normalized spacial score (nSPS) is 13.1. The molecular weight excluding hydrogens is 271 g/mol. The molecule has 0 saturated carbocycles. The molecule has 0 fully saturated rings. The Morgan fingerprint density at radius 3 is 2.83 bits per heavy atom. The lowest BCUT2D eigenvalue weighted by Crippen LogP contribution is -2.16. The summed E-state index contributed by atoms with van der Waals surface area (Å²) < 4.78 is 7.38. The fourth-order valence-corrected chi connectivity index (χ4v) is 2.66. The number of imidazole rings is 1. The molecule has 1 aromatic carbocycles. The molecule has 0 aliphatic rings. The van der Waals surface area contributed by atoms with E-state index < -0.39 is 0 Å². The highest BCUT2D eigenvalue weighted by atomic mass is 35.5. The number of methoxy groups -OCH3 is 1. The van der Waals surface area contributed by atoms with Gasteiger partial charge in [0.1, 0.15) is 5.82 Å². The van der Waals surface area contributed by atoms with Crippen molar-refractivity contribution in [1.29, 1.82) is 0 Å². The summed E-state index contributed by atoms with van der Waals surface area (Å²) in [4.78, 5) is 4.53. The van der Waals surface area contributed by atoms with E-state index in [0.717, 1.165) is 23.3 Å². The Kier molecular flexibility index (Phi) is 4.49. The fourth-order valence-electron chi connectivity index (χ4n) is 2.21. The zero-order valence-corrected chi connectivity index (χ0v) is 12.0. The first-order valence-electron chi connectivity index (χ1n) is 5.93. The van der Waals surface area contributed by atoms with Gasteiger partial charge >= 0.3 is 0 Å². The average molecular weight is 287 g/mol. The average Bonchev–Trinajstić information content (AvgIpc) is 2.76. The lowest BCUT2D eigenvalue weighted by Gasteiger charge is -2.19. The van der Waals surface area contributed by atoms with Gasteiger partial charge in [-0.05, 0) is 18.6 Å². The van der Waals surface area contributed by atoms with Crippen LogP contribution in [-0.4, -0.2) is 23.3 Å². The van der Waals surface area contributed by atoms with Crippen LogP contribution in [0.5, 0.6) is 0 Å². The maximum absolute atomic E-state index is 6.29. The maximum atomic E-state index is 6.29. The molecule has 2 aromatic rings. The van der Waals surface area contributed by atoms with Crippen LogP contribution in [0.2, 0.25) is 5.02 Å². The summed E-state index contributed by atoms with van der Waals surface area (Å²) in [5, 5.41) is 0.700. The van der Waals surface area contributed by atoms with Crippen molar-refractivity contribution >= 4 is 34.2 Å². The maximum Gasteiger partial charge on any atom is 0.125 e. The van der Waals surface area contributed by atoms with Crippen molar-refractivity contribution in [2.45, 2.75) is 25.3 Å². The molecule has 0 aliphatic heterocycles. The fraction of sp³-hybridized carbons (Fsp3) is 0.462. The van der Waals surface area contributed by atoms with E-state index >= 15 is 0 Å². The van der Waals surface area contributed by atoms with Gasteiger partial charge in [0.2, 0.25) is 0 Å². The van der Waals surface area contributed by atoms with Crippen LogP contribution in [-0.2, 0) is 10.6 Å². The minimum Gasteiger partial charge on any atom is -0.383 e. The first-order valence-corrected chi connectivity index (χ1v) is 6.84. The Hall–Kier alpha value is -0.770. The number of rotatable bonds is 5. The van der Waals surface area contributed by atoms with Crippen molar-refractivity contribution in [1.82, 2.24) is 9.55 Å². The molecule has 1 heterocycles. The zero-order chi connectivity index (χ0) is 13.1. The van der Waals surface area contributed by atoms with Crippen LogP contribution in [0.25, 0.3) is 11.0 Å². The van der Waals surface area contributed by atoms with Crippen molar-refractivity contribution < 1.29 is 4.74 Å². The van der Waals surface area contributed by atoms with Gasteiger partial charge in [-0.3, -0.25) is 0 Å². The number of benzene rings is 1. The first-order chi connectivity index (χ1) is 8.72. The number of aromatic nitrogens is 2. The van der Waals surface area contributed by atoms with Crippen LogP contribution >= 0.6 is 23.2 Å². The van der Waals surface area contributed by atoms with E-state index in [1.54, 1.807) is 7.11 Å². The summed E-state index contributed by atoms with van der Waals surface area (Å²) in [5.41, 5.74) is 1.83.